The maximum atomic E-state index is 6.10. The molecule has 0 aliphatic carbocycles. The molecule has 1 fully saturated rings. The van der Waals surface area contributed by atoms with E-state index >= 15 is 0 Å². The topological polar surface area (TPSA) is 12.5 Å². The van der Waals surface area contributed by atoms with E-state index in [1.54, 1.807) is 0 Å². The van der Waals surface area contributed by atoms with Crippen LogP contribution in [0.15, 0.2) is 53.0 Å². The summed E-state index contributed by atoms with van der Waals surface area (Å²) in [6, 6.07) is 16.3. The zero-order valence-electron chi connectivity index (χ0n) is 13.0. The molecule has 0 aromatic heterocycles. The monoisotopic (exact) mass is 359 g/mol. The summed E-state index contributed by atoms with van der Waals surface area (Å²) >= 11 is 3.55. The van der Waals surface area contributed by atoms with Gasteiger partial charge in [-0.15, -0.1) is 0 Å². The average molecular weight is 360 g/mol. The van der Waals surface area contributed by atoms with Gasteiger partial charge in [0.15, 0.2) is 0 Å². The molecule has 0 saturated carbocycles. The van der Waals surface area contributed by atoms with E-state index in [1.807, 2.05) is 30.3 Å². The number of nitrogens with zero attached hydrogens (tertiary/aromatic N) is 1. The van der Waals surface area contributed by atoms with Gasteiger partial charge in [0.1, 0.15) is 11.5 Å². The van der Waals surface area contributed by atoms with E-state index in [-0.39, 0.29) is 0 Å². The molecule has 0 spiro atoms. The van der Waals surface area contributed by atoms with Crippen molar-refractivity contribution in [2.75, 3.05) is 13.1 Å². The van der Waals surface area contributed by atoms with Crippen LogP contribution in [0, 0.1) is 5.92 Å². The summed E-state index contributed by atoms with van der Waals surface area (Å²) in [6.07, 6.45) is 2.59. The maximum absolute atomic E-state index is 6.10. The SMILES string of the molecule is CC1CCN(Cc2ccc(Br)cc2Oc2ccccc2)CC1. The highest BCUT2D eigenvalue weighted by Crippen LogP contribution is 2.30. The Morgan fingerprint density at radius 2 is 1.82 bits per heavy atom. The van der Waals surface area contributed by atoms with E-state index in [0.717, 1.165) is 28.4 Å². The third-order valence-electron chi connectivity index (χ3n) is 4.27. The zero-order valence-corrected chi connectivity index (χ0v) is 14.6. The van der Waals surface area contributed by atoms with E-state index < -0.39 is 0 Å². The second-order valence-corrected chi connectivity index (χ2v) is 7.04. The molecule has 0 atom stereocenters. The molecular weight excluding hydrogens is 338 g/mol. The molecule has 0 unspecified atom stereocenters. The first-order valence-corrected chi connectivity index (χ1v) is 8.74. The predicted octanol–water partition coefficient (Wildman–Crippen LogP) is 5.47. The second kappa shape index (κ2) is 7.30. The fourth-order valence-corrected chi connectivity index (χ4v) is 3.17. The van der Waals surface area contributed by atoms with Crippen molar-refractivity contribution in [2.45, 2.75) is 26.3 Å². The summed E-state index contributed by atoms with van der Waals surface area (Å²) in [6.45, 7) is 5.67. The Balaban J connectivity index is 1.76. The summed E-state index contributed by atoms with van der Waals surface area (Å²) in [7, 11) is 0. The minimum absolute atomic E-state index is 0.862. The van der Waals surface area contributed by atoms with Crippen LogP contribution in [-0.4, -0.2) is 18.0 Å². The molecule has 22 heavy (non-hydrogen) atoms. The first-order chi connectivity index (χ1) is 10.7. The summed E-state index contributed by atoms with van der Waals surface area (Å²) < 4.78 is 7.15. The van der Waals surface area contributed by atoms with E-state index in [2.05, 4.69) is 46.0 Å². The average Bonchev–Trinajstić information content (AvgIpc) is 2.53. The van der Waals surface area contributed by atoms with Gasteiger partial charge >= 0.3 is 0 Å². The third kappa shape index (κ3) is 4.11. The third-order valence-corrected chi connectivity index (χ3v) is 4.76. The molecule has 3 rings (SSSR count). The van der Waals surface area contributed by atoms with Crippen molar-refractivity contribution in [3.05, 3.63) is 58.6 Å². The highest BCUT2D eigenvalue weighted by molar-refractivity contribution is 9.10. The van der Waals surface area contributed by atoms with Crippen molar-refractivity contribution < 1.29 is 4.74 Å². The Morgan fingerprint density at radius 3 is 2.55 bits per heavy atom. The van der Waals surface area contributed by atoms with Gasteiger partial charge in [-0.05, 0) is 56.1 Å². The molecule has 1 aliphatic rings. The Kier molecular flexibility index (Phi) is 5.16. The molecule has 0 amide bonds. The number of ether oxygens (including phenoxy) is 1. The molecule has 1 saturated heterocycles. The largest absolute Gasteiger partial charge is 0.457 e. The van der Waals surface area contributed by atoms with Crippen molar-refractivity contribution in [3.63, 3.8) is 0 Å². The van der Waals surface area contributed by atoms with Crippen LogP contribution < -0.4 is 4.74 Å². The Bertz CT molecular complexity index is 606. The standard InChI is InChI=1S/C19H22BrNO/c1-15-9-11-21(12-10-15)14-16-7-8-17(20)13-19(16)22-18-5-3-2-4-6-18/h2-8,13,15H,9-12,14H2,1H3. The molecule has 0 radical (unpaired) electrons. The Hall–Kier alpha value is -1.32. The van der Waals surface area contributed by atoms with Gasteiger partial charge in [-0.1, -0.05) is 47.1 Å². The summed E-state index contributed by atoms with van der Waals surface area (Å²) in [5.74, 6) is 2.69. The zero-order chi connectivity index (χ0) is 15.4. The number of rotatable bonds is 4. The van der Waals surface area contributed by atoms with Crippen LogP contribution in [-0.2, 0) is 6.54 Å². The number of likely N-dealkylation sites (tertiary alicyclic amines) is 1. The van der Waals surface area contributed by atoms with Crippen molar-refractivity contribution in [1.29, 1.82) is 0 Å². The van der Waals surface area contributed by atoms with Crippen LogP contribution in [0.1, 0.15) is 25.3 Å². The van der Waals surface area contributed by atoms with Crippen LogP contribution in [0.5, 0.6) is 11.5 Å². The van der Waals surface area contributed by atoms with Crippen LogP contribution in [0.4, 0.5) is 0 Å². The normalized spacial score (nSPS) is 16.6. The van der Waals surface area contributed by atoms with E-state index in [0.29, 0.717) is 0 Å². The minimum Gasteiger partial charge on any atom is -0.457 e. The first kappa shape index (κ1) is 15.6. The molecule has 2 aromatic rings. The number of para-hydroxylation sites is 1. The summed E-state index contributed by atoms with van der Waals surface area (Å²) in [4.78, 5) is 2.53. The fraction of sp³-hybridized carbons (Fsp3) is 0.368. The van der Waals surface area contributed by atoms with Crippen LogP contribution in [0.3, 0.4) is 0 Å². The predicted molar refractivity (Wildman–Crippen MR) is 94.3 cm³/mol. The van der Waals surface area contributed by atoms with Crippen molar-refractivity contribution in [1.82, 2.24) is 4.90 Å². The van der Waals surface area contributed by atoms with Crippen molar-refractivity contribution in [3.8, 4) is 11.5 Å². The maximum Gasteiger partial charge on any atom is 0.133 e. The number of hydrogen-bond acceptors (Lipinski definition) is 2. The first-order valence-electron chi connectivity index (χ1n) is 7.94. The molecule has 3 heteroatoms. The molecule has 116 valence electrons. The quantitative estimate of drug-likeness (QED) is 0.717. The van der Waals surface area contributed by atoms with Gasteiger partial charge in [-0.2, -0.15) is 0 Å². The number of piperidine rings is 1. The second-order valence-electron chi connectivity index (χ2n) is 6.13. The molecule has 2 aromatic carbocycles. The summed E-state index contributed by atoms with van der Waals surface area (Å²) in [5, 5.41) is 0. The smallest absolute Gasteiger partial charge is 0.133 e. The fourth-order valence-electron chi connectivity index (χ4n) is 2.83. The molecule has 2 nitrogen and oxygen atoms in total. The van der Waals surface area contributed by atoms with Gasteiger partial charge in [0.05, 0.1) is 0 Å². The molecule has 0 bridgehead atoms. The van der Waals surface area contributed by atoms with Gasteiger partial charge in [-0.25, -0.2) is 0 Å². The highest BCUT2D eigenvalue weighted by atomic mass is 79.9. The van der Waals surface area contributed by atoms with Gasteiger partial charge in [0, 0.05) is 16.6 Å². The van der Waals surface area contributed by atoms with Gasteiger partial charge in [0.25, 0.3) is 0 Å². The van der Waals surface area contributed by atoms with Crippen molar-refractivity contribution in [2.24, 2.45) is 5.92 Å². The summed E-state index contributed by atoms with van der Waals surface area (Å²) in [5.41, 5.74) is 1.25. The lowest BCUT2D eigenvalue weighted by Gasteiger charge is -2.30. The van der Waals surface area contributed by atoms with Gasteiger partial charge < -0.3 is 4.74 Å². The van der Waals surface area contributed by atoms with Gasteiger partial charge in [0.2, 0.25) is 0 Å². The lowest BCUT2D eigenvalue weighted by molar-refractivity contribution is 0.184. The minimum atomic E-state index is 0.862. The van der Waals surface area contributed by atoms with Gasteiger partial charge in [-0.3, -0.25) is 4.90 Å². The van der Waals surface area contributed by atoms with Crippen LogP contribution in [0.2, 0.25) is 0 Å². The van der Waals surface area contributed by atoms with E-state index in [4.69, 9.17) is 4.74 Å². The molecule has 1 heterocycles. The van der Waals surface area contributed by atoms with Crippen molar-refractivity contribution >= 4 is 15.9 Å². The number of hydrogen-bond donors (Lipinski definition) is 0. The van der Waals surface area contributed by atoms with E-state index in [9.17, 15) is 0 Å². The highest BCUT2D eigenvalue weighted by Gasteiger charge is 2.17. The van der Waals surface area contributed by atoms with Crippen LogP contribution in [0.25, 0.3) is 0 Å². The molecular formula is C19H22BrNO. The lowest BCUT2D eigenvalue weighted by atomic mass is 9.99. The van der Waals surface area contributed by atoms with E-state index in [1.165, 1.54) is 31.5 Å². The lowest BCUT2D eigenvalue weighted by Crippen LogP contribution is -2.32. The molecule has 1 aliphatic heterocycles. The number of halogens is 1. The molecule has 0 N–H and O–H groups in total. The Labute approximate surface area is 141 Å². The Morgan fingerprint density at radius 1 is 1.09 bits per heavy atom. The van der Waals surface area contributed by atoms with Crippen LogP contribution >= 0.6 is 15.9 Å². The number of benzene rings is 2.